The molecule has 0 unspecified atom stereocenters. The number of hydrogen-bond donors (Lipinski definition) is 1. The van der Waals surface area contributed by atoms with Crippen LogP contribution in [-0.4, -0.2) is 22.9 Å². The summed E-state index contributed by atoms with van der Waals surface area (Å²) in [6.07, 6.45) is -3.97. The van der Waals surface area contributed by atoms with Crippen molar-refractivity contribution in [2.24, 2.45) is 5.73 Å². The van der Waals surface area contributed by atoms with E-state index in [0.717, 1.165) is 0 Å². The molecule has 0 bridgehead atoms. The highest BCUT2D eigenvalue weighted by Crippen LogP contribution is 2.34. The molecular formula is C9H12F3N3O. The topological polar surface area (TPSA) is 53.1 Å². The molecule has 0 fully saturated rings. The number of nitrogens with two attached hydrogens (primary N) is 1. The van der Waals surface area contributed by atoms with Crippen molar-refractivity contribution in [1.29, 1.82) is 0 Å². The molecule has 0 radical (unpaired) electrons. The number of alkyl halides is 3. The van der Waals surface area contributed by atoms with E-state index in [9.17, 15) is 13.2 Å². The van der Waals surface area contributed by atoms with Gasteiger partial charge in [-0.05, 0) is 0 Å². The molecule has 0 atom stereocenters. The first-order valence-corrected chi connectivity index (χ1v) is 4.97. The third-order valence-electron chi connectivity index (χ3n) is 2.51. The maximum atomic E-state index is 12.7. The molecule has 0 saturated heterocycles. The van der Waals surface area contributed by atoms with Crippen molar-refractivity contribution in [3.05, 3.63) is 17.0 Å². The smallest absolute Gasteiger partial charge is 0.376 e. The van der Waals surface area contributed by atoms with Gasteiger partial charge in [0.15, 0.2) is 5.69 Å². The van der Waals surface area contributed by atoms with E-state index in [1.807, 2.05) is 0 Å². The molecule has 0 amide bonds. The third-order valence-corrected chi connectivity index (χ3v) is 2.51. The molecule has 1 aliphatic rings. The Labute approximate surface area is 90.2 Å². The van der Waals surface area contributed by atoms with E-state index in [-0.39, 0.29) is 18.7 Å². The van der Waals surface area contributed by atoms with Crippen molar-refractivity contribution in [3.63, 3.8) is 0 Å². The van der Waals surface area contributed by atoms with Gasteiger partial charge >= 0.3 is 6.18 Å². The van der Waals surface area contributed by atoms with E-state index < -0.39 is 11.9 Å². The predicted molar refractivity (Wildman–Crippen MR) is 49.6 cm³/mol. The molecule has 0 aromatic carbocycles. The number of fused-ring (bicyclic) bond motifs is 1. The lowest BCUT2D eigenvalue weighted by molar-refractivity contribution is -0.142. The molecule has 0 saturated carbocycles. The average molecular weight is 235 g/mol. The quantitative estimate of drug-likeness (QED) is 0.829. The van der Waals surface area contributed by atoms with Crippen molar-refractivity contribution in [3.8, 4) is 0 Å². The highest BCUT2D eigenvalue weighted by atomic mass is 19.4. The minimum Gasteiger partial charge on any atom is -0.376 e. The summed E-state index contributed by atoms with van der Waals surface area (Å²) in [5, 5.41) is 3.58. The highest BCUT2D eigenvalue weighted by Gasteiger charge is 2.39. The fourth-order valence-corrected chi connectivity index (χ4v) is 1.84. The Morgan fingerprint density at radius 2 is 2.19 bits per heavy atom. The molecule has 16 heavy (non-hydrogen) atoms. The van der Waals surface area contributed by atoms with Gasteiger partial charge in [-0.3, -0.25) is 4.68 Å². The molecule has 1 aliphatic heterocycles. The Hall–Kier alpha value is -1.08. The van der Waals surface area contributed by atoms with E-state index >= 15 is 0 Å². The maximum absolute atomic E-state index is 12.7. The van der Waals surface area contributed by atoms with Gasteiger partial charge in [0.1, 0.15) is 0 Å². The largest absolute Gasteiger partial charge is 0.435 e. The monoisotopic (exact) mass is 235 g/mol. The summed E-state index contributed by atoms with van der Waals surface area (Å²) in [5.74, 6) is 0. The first kappa shape index (κ1) is 11.4. The van der Waals surface area contributed by atoms with Crippen LogP contribution >= 0.6 is 0 Å². The van der Waals surface area contributed by atoms with Crippen LogP contribution in [0.3, 0.4) is 0 Å². The molecule has 7 heteroatoms. The molecule has 0 spiro atoms. The summed E-state index contributed by atoms with van der Waals surface area (Å²) in [4.78, 5) is 0. The van der Waals surface area contributed by atoms with Gasteiger partial charge < -0.3 is 10.5 Å². The Morgan fingerprint density at radius 3 is 2.81 bits per heavy atom. The van der Waals surface area contributed by atoms with Gasteiger partial charge in [0.2, 0.25) is 0 Å². The zero-order chi connectivity index (χ0) is 11.8. The minimum absolute atomic E-state index is 0.0191. The summed E-state index contributed by atoms with van der Waals surface area (Å²) in [6, 6.07) is 0. The Bertz CT molecular complexity index is 386. The normalized spacial score (nSPS) is 16.2. The van der Waals surface area contributed by atoms with Crippen LogP contribution < -0.4 is 5.73 Å². The number of rotatable bonds is 2. The summed E-state index contributed by atoms with van der Waals surface area (Å²) in [6.45, 7) is 0.986. The van der Waals surface area contributed by atoms with E-state index in [0.29, 0.717) is 25.3 Å². The molecule has 2 rings (SSSR count). The molecular weight excluding hydrogens is 223 g/mol. The zero-order valence-electron chi connectivity index (χ0n) is 8.55. The lowest BCUT2D eigenvalue weighted by Gasteiger charge is -2.15. The second-order valence-corrected chi connectivity index (χ2v) is 3.59. The van der Waals surface area contributed by atoms with Crippen LogP contribution in [0.15, 0.2) is 0 Å². The average Bonchev–Trinajstić information content (AvgIpc) is 2.58. The summed E-state index contributed by atoms with van der Waals surface area (Å²) in [5.41, 5.74) is 5.26. The van der Waals surface area contributed by atoms with Crippen molar-refractivity contribution < 1.29 is 17.9 Å². The fraction of sp³-hybridized carbons (Fsp3) is 0.667. The highest BCUT2D eigenvalue weighted by molar-refractivity contribution is 5.29. The van der Waals surface area contributed by atoms with Gasteiger partial charge in [0, 0.05) is 24.2 Å². The van der Waals surface area contributed by atoms with Crippen LogP contribution in [0.1, 0.15) is 17.0 Å². The minimum atomic E-state index is -4.43. The van der Waals surface area contributed by atoms with E-state index in [4.69, 9.17) is 10.5 Å². The lowest BCUT2D eigenvalue weighted by atomic mass is 10.1. The van der Waals surface area contributed by atoms with Gasteiger partial charge in [0.25, 0.3) is 0 Å². The van der Waals surface area contributed by atoms with Crippen LogP contribution in [0.5, 0.6) is 0 Å². The SMILES string of the molecule is NCCn1nc(C(F)(F)F)c2c1CCOC2. The molecule has 1 aromatic rings. The van der Waals surface area contributed by atoms with Gasteiger partial charge in [-0.15, -0.1) is 0 Å². The van der Waals surface area contributed by atoms with Crippen molar-refractivity contribution in [1.82, 2.24) is 9.78 Å². The first-order valence-electron chi connectivity index (χ1n) is 4.97. The van der Waals surface area contributed by atoms with Crippen LogP contribution in [0.2, 0.25) is 0 Å². The number of hydrogen-bond acceptors (Lipinski definition) is 3. The molecule has 90 valence electrons. The number of halogens is 3. The Morgan fingerprint density at radius 1 is 1.44 bits per heavy atom. The fourth-order valence-electron chi connectivity index (χ4n) is 1.84. The van der Waals surface area contributed by atoms with Crippen LogP contribution in [0.25, 0.3) is 0 Å². The maximum Gasteiger partial charge on any atom is 0.435 e. The molecule has 4 nitrogen and oxygen atoms in total. The van der Waals surface area contributed by atoms with E-state index in [1.165, 1.54) is 4.68 Å². The standard InChI is InChI=1S/C9H12F3N3O/c10-9(11,12)8-6-5-16-4-1-7(6)15(14-8)3-2-13/h1-5,13H2. The van der Waals surface area contributed by atoms with Gasteiger partial charge in [-0.25, -0.2) is 0 Å². The second kappa shape index (κ2) is 4.06. The molecule has 0 aliphatic carbocycles. The van der Waals surface area contributed by atoms with E-state index in [2.05, 4.69) is 5.10 Å². The predicted octanol–water partition coefficient (Wildman–Crippen LogP) is 0.933. The number of ether oxygens (including phenoxy) is 1. The Kier molecular flexibility index (Phi) is 2.90. The third kappa shape index (κ3) is 1.92. The van der Waals surface area contributed by atoms with Crippen LogP contribution in [0.4, 0.5) is 13.2 Å². The van der Waals surface area contributed by atoms with Gasteiger partial charge in [-0.1, -0.05) is 0 Å². The number of nitrogens with zero attached hydrogens (tertiary/aromatic N) is 2. The van der Waals surface area contributed by atoms with Crippen molar-refractivity contribution in [2.75, 3.05) is 13.2 Å². The molecule has 2 N–H and O–H groups in total. The molecule has 1 aromatic heterocycles. The summed E-state index contributed by atoms with van der Waals surface area (Å²) >= 11 is 0. The zero-order valence-corrected chi connectivity index (χ0v) is 8.55. The van der Waals surface area contributed by atoms with Crippen LogP contribution in [-0.2, 0) is 30.5 Å². The van der Waals surface area contributed by atoms with E-state index in [1.54, 1.807) is 0 Å². The second-order valence-electron chi connectivity index (χ2n) is 3.59. The lowest BCUT2D eigenvalue weighted by Crippen LogP contribution is -2.17. The van der Waals surface area contributed by atoms with Crippen molar-refractivity contribution >= 4 is 0 Å². The van der Waals surface area contributed by atoms with Gasteiger partial charge in [0.05, 0.1) is 19.8 Å². The Balaban J connectivity index is 2.46. The first-order chi connectivity index (χ1) is 7.54. The number of aromatic nitrogens is 2. The van der Waals surface area contributed by atoms with Crippen molar-refractivity contribution in [2.45, 2.75) is 25.7 Å². The summed E-state index contributed by atoms with van der Waals surface area (Å²) < 4.78 is 44.4. The summed E-state index contributed by atoms with van der Waals surface area (Å²) in [7, 11) is 0. The molecule has 2 heterocycles. The van der Waals surface area contributed by atoms with Gasteiger partial charge in [-0.2, -0.15) is 18.3 Å². The van der Waals surface area contributed by atoms with Crippen LogP contribution in [0, 0.1) is 0 Å².